The van der Waals surface area contributed by atoms with E-state index in [0.29, 0.717) is 0 Å². The highest BCUT2D eigenvalue weighted by molar-refractivity contribution is 5.20. The van der Waals surface area contributed by atoms with Crippen LogP contribution >= 0.6 is 0 Å². The third kappa shape index (κ3) is 3.16. The molecule has 0 aliphatic carbocycles. The van der Waals surface area contributed by atoms with Crippen LogP contribution in [0.2, 0.25) is 0 Å². The van der Waals surface area contributed by atoms with Crippen molar-refractivity contribution in [2.45, 2.75) is 39.2 Å². The molecule has 0 saturated heterocycles. The van der Waals surface area contributed by atoms with Crippen LogP contribution < -0.4 is 0 Å². The first-order chi connectivity index (χ1) is 6.74. The molecule has 1 heterocycles. The number of unbranched alkanes of at least 4 members (excludes halogenated alkanes) is 3. The van der Waals surface area contributed by atoms with Gasteiger partial charge in [0.1, 0.15) is 12.4 Å². The van der Waals surface area contributed by atoms with Gasteiger partial charge in [0.25, 0.3) is 0 Å². The molecule has 1 aromatic heterocycles. The first kappa shape index (κ1) is 10.7. The van der Waals surface area contributed by atoms with Gasteiger partial charge in [-0.1, -0.05) is 26.2 Å². The molecule has 0 atom stereocenters. The van der Waals surface area contributed by atoms with Crippen molar-refractivity contribution in [3.63, 3.8) is 0 Å². The number of nitrogens with zero attached hydrogens (tertiary/aromatic N) is 3. The van der Waals surface area contributed by atoms with Gasteiger partial charge in [-0.25, -0.2) is 0 Å². The van der Waals surface area contributed by atoms with Gasteiger partial charge >= 0.3 is 5.69 Å². The van der Waals surface area contributed by atoms with Crippen molar-refractivity contribution >= 4 is 5.69 Å². The van der Waals surface area contributed by atoms with Gasteiger partial charge in [-0.2, -0.15) is 5.10 Å². The van der Waals surface area contributed by atoms with E-state index < -0.39 is 4.92 Å². The number of aryl methyl sites for hydroxylation is 1. The highest BCUT2D eigenvalue weighted by Crippen LogP contribution is 2.09. The molecule has 0 fully saturated rings. The van der Waals surface area contributed by atoms with Crippen LogP contribution in [0.5, 0.6) is 0 Å². The molecule has 5 heteroatoms. The van der Waals surface area contributed by atoms with E-state index in [9.17, 15) is 10.1 Å². The number of nitro groups is 1. The van der Waals surface area contributed by atoms with Gasteiger partial charge in [-0.15, -0.1) is 0 Å². The van der Waals surface area contributed by atoms with E-state index in [1.807, 2.05) is 0 Å². The average Bonchev–Trinajstić information content (AvgIpc) is 2.61. The van der Waals surface area contributed by atoms with Crippen molar-refractivity contribution in [3.8, 4) is 0 Å². The largest absolute Gasteiger partial charge is 0.306 e. The van der Waals surface area contributed by atoms with Gasteiger partial charge in [0, 0.05) is 6.54 Å². The van der Waals surface area contributed by atoms with Crippen molar-refractivity contribution in [2.24, 2.45) is 0 Å². The third-order valence-corrected chi connectivity index (χ3v) is 2.07. The van der Waals surface area contributed by atoms with Gasteiger partial charge in [0.05, 0.1) is 4.92 Å². The van der Waals surface area contributed by atoms with Crippen LogP contribution in [0.15, 0.2) is 12.4 Å². The molecule has 0 spiro atoms. The number of hydrogen-bond donors (Lipinski definition) is 0. The second-order valence-corrected chi connectivity index (χ2v) is 3.28. The quantitative estimate of drug-likeness (QED) is 0.399. The predicted octanol–water partition coefficient (Wildman–Crippen LogP) is 2.37. The summed E-state index contributed by atoms with van der Waals surface area (Å²) in [6.45, 7) is 2.92. The molecule has 0 bridgehead atoms. The van der Waals surface area contributed by atoms with Gasteiger partial charge in [-0.05, 0) is 6.42 Å². The zero-order valence-corrected chi connectivity index (χ0v) is 8.35. The SMILES string of the molecule is CCCCCCn1cc([N+](=O)[O-])cn1. The summed E-state index contributed by atoms with van der Waals surface area (Å²) in [6.07, 6.45) is 7.37. The lowest BCUT2D eigenvalue weighted by Gasteiger charge is -1.98. The summed E-state index contributed by atoms with van der Waals surface area (Å²) in [7, 11) is 0. The molecule has 0 unspecified atom stereocenters. The second kappa shape index (κ2) is 5.36. The van der Waals surface area contributed by atoms with Crippen LogP contribution in [0.1, 0.15) is 32.6 Å². The monoisotopic (exact) mass is 197 g/mol. The molecule has 0 radical (unpaired) electrons. The maximum absolute atomic E-state index is 10.3. The van der Waals surface area contributed by atoms with E-state index in [2.05, 4.69) is 12.0 Å². The van der Waals surface area contributed by atoms with Gasteiger partial charge < -0.3 is 0 Å². The van der Waals surface area contributed by atoms with E-state index >= 15 is 0 Å². The maximum atomic E-state index is 10.3. The summed E-state index contributed by atoms with van der Waals surface area (Å²) in [5, 5.41) is 14.3. The van der Waals surface area contributed by atoms with Crippen molar-refractivity contribution < 1.29 is 4.92 Å². The molecule has 0 amide bonds. The van der Waals surface area contributed by atoms with Crippen molar-refractivity contribution in [3.05, 3.63) is 22.5 Å². The smallest absolute Gasteiger partial charge is 0.266 e. The minimum Gasteiger partial charge on any atom is -0.266 e. The van der Waals surface area contributed by atoms with E-state index in [4.69, 9.17) is 0 Å². The Hall–Kier alpha value is -1.39. The Balaban J connectivity index is 2.33. The topological polar surface area (TPSA) is 61.0 Å². The zero-order chi connectivity index (χ0) is 10.4. The van der Waals surface area contributed by atoms with Crippen LogP contribution in [-0.2, 0) is 6.54 Å². The molecular formula is C9H15N3O2. The predicted molar refractivity (Wildman–Crippen MR) is 53.0 cm³/mol. The minimum atomic E-state index is -0.421. The van der Waals surface area contributed by atoms with Crippen LogP contribution in [0.3, 0.4) is 0 Å². The summed E-state index contributed by atoms with van der Waals surface area (Å²) in [5.41, 5.74) is 0.0699. The molecule has 0 aromatic carbocycles. The Labute approximate surface area is 82.9 Å². The summed E-state index contributed by atoms with van der Waals surface area (Å²) >= 11 is 0. The van der Waals surface area contributed by atoms with Gasteiger partial charge in [0.15, 0.2) is 0 Å². The summed E-state index contributed by atoms with van der Waals surface area (Å²) in [5.74, 6) is 0. The summed E-state index contributed by atoms with van der Waals surface area (Å²) < 4.78 is 1.63. The molecule has 1 aromatic rings. The second-order valence-electron chi connectivity index (χ2n) is 3.28. The molecule has 14 heavy (non-hydrogen) atoms. The number of aromatic nitrogens is 2. The zero-order valence-electron chi connectivity index (χ0n) is 8.35. The van der Waals surface area contributed by atoms with Crippen molar-refractivity contribution in [1.82, 2.24) is 9.78 Å². The van der Waals surface area contributed by atoms with Crippen LogP contribution in [0.25, 0.3) is 0 Å². The molecule has 0 N–H and O–H groups in total. The molecule has 78 valence electrons. The molecule has 5 nitrogen and oxygen atoms in total. The van der Waals surface area contributed by atoms with Crippen LogP contribution in [0, 0.1) is 10.1 Å². The molecule has 0 aliphatic heterocycles. The lowest BCUT2D eigenvalue weighted by Crippen LogP contribution is -1.97. The highest BCUT2D eigenvalue weighted by atomic mass is 16.6. The number of hydrogen-bond acceptors (Lipinski definition) is 3. The Morgan fingerprint density at radius 3 is 2.86 bits per heavy atom. The lowest BCUT2D eigenvalue weighted by atomic mass is 10.2. The van der Waals surface area contributed by atoms with E-state index in [1.54, 1.807) is 4.68 Å². The summed E-state index contributed by atoms with van der Waals surface area (Å²) in [6, 6.07) is 0. The van der Waals surface area contributed by atoms with Crippen LogP contribution in [-0.4, -0.2) is 14.7 Å². The molecule has 0 saturated carbocycles. The Kier molecular flexibility index (Phi) is 4.10. The molecule has 0 aliphatic rings. The average molecular weight is 197 g/mol. The highest BCUT2D eigenvalue weighted by Gasteiger charge is 2.07. The lowest BCUT2D eigenvalue weighted by molar-refractivity contribution is -0.385. The Morgan fingerprint density at radius 1 is 1.50 bits per heavy atom. The van der Waals surface area contributed by atoms with E-state index in [0.717, 1.165) is 19.4 Å². The minimum absolute atomic E-state index is 0.0699. The number of rotatable bonds is 6. The first-order valence-corrected chi connectivity index (χ1v) is 4.91. The van der Waals surface area contributed by atoms with Crippen LogP contribution in [0.4, 0.5) is 5.69 Å². The standard InChI is InChI=1S/C9H15N3O2/c1-2-3-4-5-6-11-8-9(7-10-11)12(13)14/h7-8H,2-6H2,1H3. The normalized spacial score (nSPS) is 10.4. The Bertz CT molecular complexity index is 296. The molecule has 1 rings (SSSR count). The van der Waals surface area contributed by atoms with E-state index in [1.165, 1.54) is 25.2 Å². The summed E-state index contributed by atoms with van der Waals surface area (Å²) in [4.78, 5) is 9.92. The van der Waals surface area contributed by atoms with Crippen molar-refractivity contribution in [1.29, 1.82) is 0 Å². The maximum Gasteiger partial charge on any atom is 0.306 e. The fourth-order valence-corrected chi connectivity index (χ4v) is 1.27. The fourth-order valence-electron chi connectivity index (χ4n) is 1.27. The van der Waals surface area contributed by atoms with Crippen molar-refractivity contribution in [2.75, 3.05) is 0 Å². The third-order valence-electron chi connectivity index (χ3n) is 2.07. The molecular weight excluding hydrogens is 182 g/mol. The van der Waals surface area contributed by atoms with Gasteiger partial charge in [0.2, 0.25) is 0 Å². The first-order valence-electron chi connectivity index (χ1n) is 4.91. The Morgan fingerprint density at radius 2 is 2.29 bits per heavy atom. The van der Waals surface area contributed by atoms with E-state index in [-0.39, 0.29) is 5.69 Å². The van der Waals surface area contributed by atoms with Gasteiger partial charge in [-0.3, -0.25) is 14.8 Å². The fraction of sp³-hybridized carbons (Fsp3) is 0.667.